The Hall–Kier alpha value is -2.39. The van der Waals surface area contributed by atoms with Gasteiger partial charge in [-0.05, 0) is 63.8 Å². The van der Waals surface area contributed by atoms with Crippen LogP contribution in [0.4, 0.5) is 11.4 Å². The number of thiazole rings is 1. The van der Waals surface area contributed by atoms with E-state index in [2.05, 4.69) is 52.5 Å². The van der Waals surface area contributed by atoms with Crippen molar-refractivity contribution in [3.05, 3.63) is 39.8 Å². The van der Waals surface area contributed by atoms with E-state index in [0.717, 1.165) is 42.3 Å². The molecule has 0 spiro atoms. The third-order valence-electron chi connectivity index (χ3n) is 4.45. The molecule has 0 saturated carbocycles. The first-order chi connectivity index (χ1) is 12.2. The highest BCUT2D eigenvalue weighted by atomic mass is 32.1. The van der Waals surface area contributed by atoms with Crippen LogP contribution in [0.15, 0.2) is 29.4 Å². The number of fused-ring (bicyclic) bond motifs is 1. The second kappa shape index (κ2) is 8.13. The second-order valence-corrected chi connectivity index (χ2v) is 7.08. The Kier molecular flexibility index (Phi) is 5.67. The third kappa shape index (κ3) is 3.99. The molecule has 1 aliphatic rings. The molecule has 0 aliphatic heterocycles. The van der Waals surface area contributed by atoms with Crippen LogP contribution in [0.2, 0.25) is 0 Å². The molecule has 0 saturated heterocycles. The Labute approximate surface area is 153 Å². The first-order valence-corrected chi connectivity index (χ1v) is 9.64. The minimum absolute atomic E-state index is 0.354. The number of anilines is 2. The molecule has 0 radical (unpaired) electrons. The Bertz CT molecular complexity index is 758. The summed E-state index contributed by atoms with van der Waals surface area (Å²) in [5.74, 6) is 0. The number of aryl methyl sites for hydroxylation is 2. The van der Waals surface area contributed by atoms with Crippen LogP contribution in [0, 0.1) is 11.3 Å². The lowest BCUT2D eigenvalue weighted by Crippen LogP contribution is -2.21. The molecule has 0 unspecified atom stereocenters. The van der Waals surface area contributed by atoms with Gasteiger partial charge < -0.3 is 4.90 Å². The first kappa shape index (κ1) is 17.4. The maximum absolute atomic E-state index is 9.44. The smallest absolute Gasteiger partial charge is 0.196 e. The number of hydrogen-bond acceptors (Lipinski definition) is 6. The number of nitrogens with one attached hydrogen (secondary N) is 1. The van der Waals surface area contributed by atoms with Crippen molar-refractivity contribution in [1.29, 1.82) is 5.26 Å². The molecule has 130 valence electrons. The highest BCUT2D eigenvalue weighted by molar-refractivity contribution is 7.14. The van der Waals surface area contributed by atoms with Crippen molar-refractivity contribution in [2.75, 3.05) is 23.4 Å². The van der Waals surface area contributed by atoms with Gasteiger partial charge in [-0.3, -0.25) is 5.43 Å². The summed E-state index contributed by atoms with van der Waals surface area (Å²) in [7, 11) is 0. The second-order valence-electron chi connectivity index (χ2n) is 6.00. The van der Waals surface area contributed by atoms with E-state index in [1.165, 1.54) is 23.4 Å². The van der Waals surface area contributed by atoms with Gasteiger partial charge in [-0.2, -0.15) is 10.4 Å². The van der Waals surface area contributed by atoms with Gasteiger partial charge in [0.15, 0.2) is 10.7 Å². The monoisotopic (exact) mass is 353 g/mol. The topological polar surface area (TPSA) is 64.3 Å². The molecule has 1 aliphatic carbocycles. The van der Waals surface area contributed by atoms with Gasteiger partial charge in [0.1, 0.15) is 6.07 Å². The molecule has 1 aromatic heterocycles. The average Bonchev–Trinajstić information content (AvgIpc) is 3.08. The predicted molar refractivity (Wildman–Crippen MR) is 105 cm³/mol. The molecule has 1 aromatic carbocycles. The van der Waals surface area contributed by atoms with Crippen molar-refractivity contribution in [2.24, 2.45) is 5.10 Å². The summed E-state index contributed by atoms with van der Waals surface area (Å²) < 4.78 is 0. The maximum atomic E-state index is 9.44. The SMILES string of the molecule is CCN(CC)c1ccc(N/N=C(\C#N)c2nc3c(s2)CCCC3)cc1. The number of nitriles is 1. The van der Waals surface area contributed by atoms with E-state index in [9.17, 15) is 5.26 Å². The minimum Gasteiger partial charge on any atom is -0.372 e. The number of benzene rings is 1. The number of aromatic nitrogens is 1. The van der Waals surface area contributed by atoms with Crippen molar-refractivity contribution in [2.45, 2.75) is 39.5 Å². The molecule has 25 heavy (non-hydrogen) atoms. The zero-order chi connectivity index (χ0) is 17.6. The van der Waals surface area contributed by atoms with E-state index >= 15 is 0 Å². The molecule has 0 amide bonds. The van der Waals surface area contributed by atoms with Gasteiger partial charge >= 0.3 is 0 Å². The van der Waals surface area contributed by atoms with Crippen LogP contribution >= 0.6 is 11.3 Å². The molecule has 1 N–H and O–H groups in total. The molecule has 2 aromatic rings. The molecule has 0 bridgehead atoms. The summed E-state index contributed by atoms with van der Waals surface area (Å²) in [6.07, 6.45) is 4.49. The number of nitrogens with zero attached hydrogens (tertiary/aromatic N) is 4. The first-order valence-electron chi connectivity index (χ1n) is 8.83. The van der Waals surface area contributed by atoms with Gasteiger partial charge in [-0.15, -0.1) is 11.3 Å². The highest BCUT2D eigenvalue weighted by Gasteiger charge is 2.18. The number of hydrogen-bond donors (Lipinski definition) is 1. The predicted octanol–water partition coefficient (Wildman–Crippen LogP) is 4.21. The van der Waals surface area contributed by atoms with Crippen LogP contribution < -0.4 is 10.3 Å². The number of rotatable bonds is 6. The molecule has 1 heterocycles. The van der Waals surface area contributed by atoms with Crippen molar-refractivity contribution in [3.63, 3.8) is 0 Å². The number of hydrazone groups is 1. The normalized spacial score (nSPS) is 13.9. The fourth-order valence-corrected chi connectivity index (χ4v) is 4.12. The molecular weight excluding hydrogens is 330 g/mol. The summed E-state index contributed by atoms with van der Waals surface area (Å²) in [5.41, 5.74) is 6.55. The van der Waals surface area contributed by atoms with Crippen LogP contribution in [0.25, 0.3) is 0 Å². The van der Waals surface area contributed by atoms with Crippen molar-refractivity contribution >= 4 is 28.4 Å². The van der Waals surface area contributed by atoms with Gasteiger partial charge in [0, 0.05) is 23.7 Å². The van der Waals surface area contributed by atoms with Crippen molar-refractivity contribution in [3.8, 4) is 6.07 Å². The molecule has 6 heteroatoms. The Morgan fingerprint density at radius 2 is 1.96 bits per heavy atom. The lowest BCUT2D eigenvalue weighted by Gasteiger charge is -2.21. The fourth-order valence-electron chi connectivity index (χ4n) is 3.03. The van der Waals surface area contributed by atoms with E-state index < -0.39 is 0 Å². The van der Waals surface area contributed by atoms with Crippen molar-refractivity contribution in [1.82, 2.24) is 4.98 Å². The average molecular weight is 353 g/mol. The van der Waals surface area contributed by atoms with Gasteiger partial charge in [0.25, 0.3) is 0 Å². The lowest BCUT2D eigenvalue weighted by atomic mass is 10.0. The minimum atomic E-state index is 0.354. The summed E-state index contributed by atoms with van der Waals surface area (Å²) in [6, 6.07) is 10.3. The lowest BCUT2D eigenvalue weighted by molar-refractivity contribution is 0.682. The van der Waals surface area contributed by atoms with Crippen LogP contribution in [0.3, 0.4) is 0 Å². The standard InChI is InChI=1S/C19H23N5S/c1-3-24(4-2)15-11-9-14(10-12-15)22-23-17(13-20)19-21-16-7-5-6-8-18(16)25-19/h9-12,22H,3-8H2,1-2H3/b23-17+. The molecule has 0 fully saturated rings. The third-order valence-corrected chi connectivity index (χ3v) is 5.61. The van der Waals surface area contributed by atoms with E-state index in [-0.39, 0.29) is 0 Å². The highest BCUT2D eigenvalue weighted by Crippen LogP contribution is 2.27. The summed E-state index contributed by atoms with van der Waals surface area (Å²) in [5, 5.41) is 14.4. The zero-order valence-corrected chi connectivity index (χ0v) is 15.6. The van der Waals surface area contributed by atoms with E-state index in [1.807, 2.05) is 12.1 Å². The van der Waals surface area contributed by atoms with Gasteiger partial charge in [0.05, 0.1) is 11.4 Å². The summed E-state index contributed by atoms with van der Waals surface area (Å²) in [4.78, 5) is 8.21. The van der Waals surface area contributed by atoms with E-state index in [0.29, 0.717) is 5.71 Å². The largest absolute Gasteiger partial charge is 0.372 e. The van der Waals surface area contributed by atoms with Crippen LogP contribution in [0.1, 0.15) is 42.3 Å². The molecule has 3 rings (SSSR count). The quantitative estimate of drug-likeness (QED) is 0.624. The van der Waals surface area contributed by atoms with Gasteiger partial charge in [-0.25, -0.2) is 4.98 Å². The molecule has 0 atom stereocenters. The molecule has 5 nitrogen and oxygen atoms in total. The van der Waals surface area contributed by atoms with E-state index in [4.69, 9.17) is 0 Å². The maximum Gasteiger partial charge on any atom is 0.196 e. The van der Waals surface area contributed by atoms with Crippen LogP contribution in [-0.4, -0.2) is 23.8 Å². The summed E-state index contributed by atoms with van der Waals surface area (Å²) in [6.45, 7) is 6.25. The molecular formula is C19H23N5S. The van der Waals surface area contributed by atoms with Gasteiger partial charge in [-0.1, -0.05) is 0 Å². The van der Waals surface area contributed by atoms with Crippen molar-refractivity contribution < 1.29 is 0 Å². The van der Waals surface area contributed by atoms with E-state index in [1.54, 1.807) is 11.3 Å². The van der Waals surface area contributed by atoms with Gasteiger partial charge in [0.2, 0.25) is 0 Å². The zero-order valence-electron chi connectivity index (χ0n) is 14.7. The Morgan fingerprint density at radius 3 is 2.60 bits per heavy atom. The Balaban J connectivity index is 1.73. The fraction of sp³-hybridized carbons (Fsp3) is 0.421. The summed E-state index contributed by atoms with van der Waals surface area (Å²) >= 11 is 1.60. The Morgan fingerprint density at radius 1 is 1.24 bits per heavy atom. The van der Waals surface area contributed by atoms with Crippen LogP contribution in [-0.2, 0) is 12.8 Å². The van der Waals surface area contributed by atoms with Crippen LogP contribution in [0.5, 0.6) is 0 Å².